The smallest absolute Gasteiger partial charge is 0.255 e. The van der Waals surface area contributed by atoms with Gasteiger partial charge in [0, 0.05) is 4.47 Å². The molecule has 0 aliphatic heterocycles. The number of nitrogens with two attached hydrogens (primary N) is 1. The summed E-state index contributed by atoms with van der Waals surface area (Å²) in [6, 6.07) is 4.47. The summed E-state index contributed by atoms with van der Waals surface area (Å²) in [5.74, 6) is -0.117. The molecule has 1 saturated carbocycles. The maximum atomic E-state index is 12.3. The lowest BCUT2D eigenvalue weighted by atomic mass is 9.83. The molecule has 1 aliphatic rings. The molecular formula is C15H19BrN2O2S. The molecule has 4 N–H and O–H groups in total. The van der Waals surface area contributed by atoms with E-state index in [1.807, 2.05) is 0 Å². The maximum Gasteiger partial charge on any atom is 0.255 e. The van der Waals surface area contributed by atoms with Crippen molar-refractivity contribution in [3.05, 3.63) is 28.2 Å². The van der Waals surface area contributed by atoms with Gasteiger partial charge in [-0.2, -0.15) is 0 Å². The number of hydrogen-bond acceptors (Lipinski definition) is 3. The van der Waals surface area contributed by atoms with E-state index < -0.39 is 0 Å². The number of amides is 1. The molecule has 1 atom stereocenters. The first-order valence-electron chi connectivity index (χ1n) is 7.07. The largest absolute Gasteiger partial charge is 0.507 e. The van der Waals surface area contributed by atoms with Gasteiger partial charge in [0.15, 0.2) is 0 Å². The highest BCUT2D eigenvalue weighted by Crippen LogP contribution is 2.28. The van der Waals surface area contributed by atoms with Crippen molar-refractivity contribution in [2.75, 3.05) is 0 Å². The fraction of sp³-hybridized carbons (Fsp3) is 0.467. The molecule has 2 rings (SSSR count). The number of thiocarbonyl (C=S) groups is 1. The molecule has 21 heavy (non-hydrogen) atoms. The van der Waals surface area contributed by atoms with Crippen molar-refractivity contribution in [1.29, 1.82) is 0 Å². The predicted octanol–water partition coefficient (Wildman–Crippen LogP) is 3.12. The number of rotatable bonds is 4. The standard InChI is InChI=1S/C15H19BrN2O2S/c16-10-6-7-11(12(19)8-10)15(20)18-13(14(17)21)9-4-2-1-3-5-9/h6-9,13,19H,1-5H2,(H2,17,21)(H,18,20). The van der Waals surface area contributed by atoms with E-state index in [0.29, 0.717) is 4.99 Å². The van der Waals surface area contributed by atoms with Gasteiger partial charge in [-0.25, -0.2) is 0 Å². The van der Waals surface area contributed by atoms with Gasteiger partial charge in [-0.1, -0.05) is 47.4 Å². The van der Waals surface area contributed by atoms with Gasteiger partial charge in [-0.15, -0.1) is 0 Å². The van der Waals surface area contributed by atoms with Gasteiger partial charge in [-0.05, 0) is 37.0 Å². The summed E-state index contributed by atoms with van der Waals surface area (Å²) >= 11 is 8.36. The Bertz CT molecular complexity index is 544. The number of carbonyl (C=O) groups is 1. The number of halogens is 1. The Morgan fingerprint density at radius 2 is 2.05 bits per heavy atom. The van der Waals surface area contributed by atoms with Crippen molar-refractivity contribution in [1.82, 2.24) is 5.32 Å². The van der Waals surface area contributed by atoms with E-state index in [2.05, 4.69) is 21.2 Å². The average Bonchev–Trinajstić information content (AvgIpc) is 2.45. The zero-order chi connectivity index (χ0) is 15.4. The average molecular weight is 371 g/mol. The van der Waals surface area contributed by atoms with Crippen LogP contribution in [-0.2, 0) is 0 Å². The second-order valence-corrected chi connectivity index (χ2v) is 6.80. The summed E-state index contributed by atoms with van der Waals surface area (Å²) < 4.78 is 0.717. The molecule has 6 heteroatoms. The molecule has 0 saturated heterocycles. The van der Waals surface area contributed by atoms with Crippen molar-refractivity contribution in [3.63, 3.8) is 0 Å². The molecule has 1 aromatic carbocycles. The van der Waals surface area contributed by atoms with Crippen LogP contribution in [0.1, 0.15) is 42.5 Å². The minimum atomic E-state index is -0.344. The molecule has 0 spiro atoms. The maximum absolute atomic E-state index is 12.3. The number of benzene rings is 1. The number of phenols is 1. The molecule has 1 fully saturated rings. The minimum absolute atomic E-state index is 0.0628. The van der Waals surface area contributed by atoms with Crippen LogP contribution < -0.4 is 11.1 Å². The van der Waals surface area contributed by atoms with E-state index in [4.69, 9.17) is 18.0 Å². The van der Waals surface area contributed by atoms with E-state index in [-0.39, 0.29) is 29.2 Å². The third-order valence-electron chi connectivity index (χ3n) is 3.92. The number of nitrogens with one attached hydrogen (secondary N) is 1. The molecule has 1 aromatic rings. The number of phenolic OH excluding ortho intramolecular Hbond substituents is 1. The molecule has 1 aliphatic carbocycles. The molecule has 114 valence electrons. The Morgan fingerprint density at radius 1 is 1.38 bits per heavy atom. The molecule has 1 amide bonds. The predicted molar refractivity (Wildman–Crippen MR) is 90.4 cm³/mol. The van der Waals surface area contributed by atoms with Gasteiger partial charge < -0.3 is 16.2 Å². The monoisotopic (exact) mass is 370 g/mol. The lowest BCUT2D eigenvalue weighted by molar-refractivity contribution is 0.0929. The molecule has 0 radical (unpaired) electrons. The minimum Gasteiger partial charge on any atom is -0.507 e. The second-order valence-electron chi connectivity index (χ2n) is 5.41. The lowest BCUT2D eigenvalue weighted by Gasteiger charge is -2.30. The van der Waals surface area contributed by atoms with Gasteiger partial charge in [0.1, 0.15) is 5.75 Å². The summed E-state index contributed by atoms with van der Waals surface area (Å²) in [5.41, 5.74) is 6.03. The zero-order valence-electron chi connectivity index (χ0n) is 11.6. The van der Waals surface area contributed by atoms with Crippen molar-refractivity contribution in [2.24, 2.45) is 11.7 Å². The van der Waals surface area contributed by atoms with Crippen molar-refractivity contribution in [3.8, 4) is 5.75 Å². The molecular weight excluding hydrogens is 352 g/mol. The van der Waals surface area contributed by atoms with Crippen LogP contribution >= 0.6 is 28.1 Å². The first-order valence-corrected chi connectivity index (χ1v) is 8.28. The van der Waals surface area contributed by atoms with Gasteiger partial charge >= 0.3 is 0 Å². The van der Waals surface area contributed by atoms with Crippen LogP contribution in [0.25, 0.3) is 0 Å². The van der Waals surface area contributed by atoms with Crippen molar-refractivity contribution >= 4 is 39.0 Å². The molecule has 0 heterocycles. The fourth-order valence-electron chi connectivity index (χ4n) is 2.80. The van der Waals surface area contributed by atoms with Crippen LogP contribution in [0.2, 0.25) is 0 Å². The van der Waals surface area contributed by atoms with E-state index in [9.17, 15) is 9.90 Å². The van der Waals surface area contributed by atoms with Gasteiger partial charge in [0.2, 0.25) is 0 Å². The zero-order valence-corrected chi connectivity index (χ0v) is 14.0. The van der Waals surface area contributed by atoms with Crippen LogP contribution in [0, 0.1) is 5.92 Å². The highest BCUT2D eigenvalue weighted by Gasteiger charge is 2.28. The highest BCUT2D eigenvalue weighted by molar-refractivity contribution is 9.10. The number of aromatic hydroxyl groups is 1. The Hall–Kier alpha value is -1.14. The summed E-state index contributed by atoms with van der Waals surface area (Å²) in [4.78, 5) is 12.6. The Labute approximate surface area is 138 Å². The van der Waals surface area contributed by atoms with Crippen LogP contribution in [-0.4, -0.2) is 22.0 Å². The Balaban J connectivity index is 2.12. The second kappa shape index (κ2) is 7.22. The van der Waals surface area contributed by atoms with E-state index >= 15 is 0 Å². The van der Waals surface area contributed by atoms with Crippen LogP contribution in [0.5, 0.6) is 5.75 Å². The quantitative estimate of drug-likeness (QED) is 0.711. The Kier molecular flexibility index (Phi) is 5.58. The topological polar surface area (TPSA) is 75.3 Å². The highest BCUT2D eigenvalue weighted by atomic mass is 79.9. The normalized spacial score (nSPS) is 17.2. The fourth-order valence-corrected chi connectivity index (χ4v) is 3.40. The van der Waals surface area contributed by atoms with Crippen LogP contribution in [0.3, 0.4) is 0 Å². The summed E-state index contributed by atoms with van der Waals surface area (Å²) in [6.07, 6.45) is 5.55. The Morgan fingerprint density at radius 3 is 2.62 bits per heavy atom. The van der Waals surface area contributed by atoms with E-state index in [0.717, 1.165) is 30.2 Å². The summed E-state index contributed by atoms with van der Waals surface area (Å²) in [5, 5.41) is 12.8. The molecule has 4 nitrogen and oxygen atoms in total. The SMILES string of the molecule is NC(=S)C(NC(=O)c1ccc(Br)cc1O)C1CCCCC1. The third-order valence-corrected chi connectivity index (χ3v) is 4.67. The first kappa shape index (κ1) is 16.2. The molecule has 0 aromatic heterocycles. The van der Waals surface area contributed by atoms with Crippen molar-refractivity contribution < 1.29 is 9.90 Å². The van der Waals surface area contributed by atoms with E-state index in [1.54, 1.807) is 12.1 Å². The van der Waals surface area contributed by atoms with E-state index in [1.165, 1.54) is 12.5 Å². The molecule has 1 unspecified atom stereocenters. The van der Waals surface area contributed by atoms with Gasteiger partial charge in [-0.3, -0.25) is 4.79 Å². The van der Waals surface area contributed by atoms with Gasteiger partial charge in [0.05, 0.1) is 16.6 Å². The number of carbonyl (C=O) groups excluding carboxylic acids is 1. The van der Waals surface area contributed by atoms with Crippen molar-refractivity contribution in [2.45, 2.75) is 38.1 Å². The lowest BCUT2D eigenvalue weighted by Crippen LogP contribution is -2.48. The van der Waals surface area contributed by atoms with Crippen LogP contribution in [0.4, 0.5) is 0 Å². The van der Waals surface area contributed by atoms with Gasteiger partial charge in [0.25, 0.3) is 5.91 Å². The summed E-state index contributed by atoms with van der Waals surface area (Å²) in [6.45, 7) is 0. The van der Waals surface area contributed by atoms with Crippen LogP contribution in [0.15, 0.2) is 22.7 Å². The number of hydrogen-bond donors (Lipinski definition) is 3. The summed E-state index contributed by atoms with van der Waals surface area (Å²) in [7, 11) is 0. The third kappa shape index (κ3) is 4.17. The molecule has 0 bridgehead atoms. The first-order chi connectivity index (χ1) is 9.99.